The zero-order chi connectivity index (χ0) is 13.1. The fourth-order valence-electron chi connectivity index (χ4n) is 1.85. The number of aliphatic hydroxyl groups excluding tert-OH is 1. The third-order valence-corrected chi connectivity index (χ3v) is 3.72. The molecule has 1 aliphatic rings. The average molecular weight is 335 g/mol. The Morgan fingerprint density at radius 3 is 3.11 bits per heavy atom. The van der Waals surface area contributed by atoms with Crippen LogP contribution in [0.15, 0.2) is 22.7 Å². The predicted octanol–water partition coefficient (Wildman–Crippen LogP) is 1.94. The highest BCUT2D eigenvalue weighted by Crippen LogP contribution is 2.23. The molecule has 2 rings (SSSR count). The highest BCUT2D eigenvalue weighted by molar-refractivity contribution is 9.10. The predicted molar refractivity (Wildman–Crippen MR) is 71.9 cm³/mol. The third-order valence-electron chi connectivity index (χ3n) is 2.79. The lowest BCUT2D eigenvalue weighted by Crippen LogP contribution is -2.47. The minimum atomic E-state index is -0.305. The summed E-state index contributed by atoms with van der Waals surface area (Å²) >= 11 is 9.24. The highest BCUT2D eigenvalue weighted by Gasteiger charge is 2.25. The molecule has 0 spiro atoms. The number of amides is 1. The molecular formula is C12H13BrClNO3. The van der Waals surface area contributed by atoms with E-state index in [0.717, 1.165) is 0 Å². The molecule has 18 heavy (non-hydrogen) atoms. The van der Waals surface area contributed by atoms with Crippen LogP contribution in [0.1, 0.15) is 10.4 Å². The van der Waals surface area contributed by atoms with Crippen LogP contribution >= 0.6 is 27.5 Å². The van der Waals surface area contributed by atoms with Crippen LogP contribution in [0.25, 0.3) is 0 Å². The van der Waals surface area contributed by atoms with Gasteiger partial charge in [0, 0.05) is 22.6 Å². The summed E-state index contributed by atoms with van der Waals surface area (Å²) in [6.45, 7) is 1.28. The lowest BCUT2D eigenvalue weighted by Gasteiger charge is -2.32. The van der Waals surface area contributed by atoms with Crippen molar-refractivity contribution >= 4 is 33.4 Å². The second-order valence-electron chi connectivity index (χ2n) is 4.05. The molecular weight excluding hydrogens is 321 g/mol. The Labute approximate surface area is 119 Å². The number of carbonyl (C=O) groups excluding carboxylic acids is 1. The Balaban J connectivity index is 2.17. The lowest BCUT2D eigenvalue weighted by molar-refractivity contribution is -0.0447. The van der Waals surface area contributed by atoms with Crippen LogP contribution in [-0.4, -0.2) is 48.3 Å². The summed E-state index contributed by atoms with van der Waals surface area (Å²) in [7, 11) is 0. The Morgan fingerprint density at radius 2 is 2.39 bits per heavy atom. The molecule has 1 amide bonds. The molecule has 1 unspecified atom stereocenters. The van der Waals surface area contributed by atoms with Crippen molar-refractivity contribution in [2.24, 2.45) is 0 Å². The zero-order valence-corrected chi connectivity index (χ0v) is 11.9. The van der Waals surface area contributed by atoms with Crippen molar-refractivity contribution in [3.8, 4) is 0 Å². The van der Waals surface area contributed by atoms with E-state index in [1.54, 1.807) is 23.1 Å². The number of morpholine rings is 1. The molecule has 1 N–H and O–H groups in total. The molecule has 1 fully saturated rings. The van der Waals surface area contributed by atoms with Crippen molar-refractivity contribution in [1.29, 1.82) is 0 Å². The summed E-state index contributed by atoms with van der Waals surface area (Å²) in [4.78, 5) is 14.0. The number of halogens is 2. The standard InChI is InChI=1S/C12H13BrClNO3/c13-11-2-1-8(14)5-10(11)12(17)15-3-4-18-9(6-15)7-16/h1-2,5,9,16H,3-4,6-7H2. The van der Waals surface area contributed by atoms with E-state index in [2.05, 4.69) is 15.9 Å². The van der Waals surface area contributed by atoms with Gasteiger partial charge in [0.15, 0.2) is 0 Å². The summed E-state index contributed by atoms with van der Waals surface area (Å²) in [6.07, 6.45) is -0.305. The van der Waals surface area contributed by atoms with Crippen LogP contribution in [0.3, 0.4) is 0 Å². The van der Waals surface area contributed by atoms with E-state index in [9.17, 15) is 4.79 Å². The summed E-state index contributed by atoms with van der Waals surface area (Å²) in [6, 6.07) is 5.11. The summed E-state index contributed by atoms with van der Waals surface area (Å²) in [5.41, 5.74) is 0.529. The number of ether oxygens (including phenoxy) is 1. The van der Waals surface area contributed by atoms with Crippen LogP contribution in [0, 0.1) is 0 Å². The van der Waals surface area contributed by atoms with Gasteiger partial charge in [-0.25, -0.2) is 0 Å². The van der Waals surface area contributed by atoms with Crippen molar-refractivity contribution in [2.75, 3.05) is 26.3 Å². The zero-order valence-electron chi connectivity index (χ0n) is 9.60. The SMILES string of the molecule is O=C(c1cc(Cl)ccc1Br)N1CCOC(CO)C1. The Kier molecular flexibility index (Phi) is 4.61. The molecule has 1 atom stereocenters. The van der Waals surface area contributed by atoms with Crippen LogP contribution < -0.4 is 0 Å². The Morgan fingerprint density at radius 1 is 1.61 bits per heavy atom. The van der Waals surface area contributed by atoms with Crippen LogP contribution in [0.2, 0.25) is 5.02 Å². The van der Waals surface area contributed by atoms with Gasteiger partial charge in [-0.05, 0) is 34.1 Å². The fourth-order valence-corrected chi connectivity index (χ4v) is 2.43. The van der Waals surface area contributed by atoms with Gasteiger partial charge in [-0.3, -0.25) is 4.79 Å². The fraction of sp³-hybridized carbons (Fsp3) is 0.417. The van der Waals surface area contributed by atoms with E-state index < -0.39 is 0 Å². The summed E-state index contributed by atoms with van der Waals surface area (Å²) in [5, 5.41) is 9.59. The van der Waals surface area contributed by atoms with Gasteiger partial charge >= 0.3 is 0 Å². The second kappa shape index (κ2) is 6.02. The molecule has 1 heterocycles. The molecule has 98 valence electrons. The van der Waals surface area contributed by atoms with Gasteiger partial charge in [-0.2, -0.15) is 0 Å². The number of rotatable bonds is 2. The molecule has 6 heteroatoms. The number of hydrogen-bond donors (Lipinski definition) is 1. The minimum Gasteiger partial charge on any atom is -0.394 e. The van der Waals surface area contributed by atoms with E-state index >= 15 is 0 Å². The number of benzene rings is 1. The first-order valence-electron chi connectivity index (χ1n) is 5.58. The molecule has 1 aromatic rings. The van der Waals surface area contributed by atoms with Crippen LogP contribution in [0.4, 0.5) is 0 Å². The molecule has 1 aromatic carbocycles. The van der Waals surface area contributed by atoms with Gasteiger partial charge in [-0.1, -0.05) is 11.6 Å². The number of aliphatic hydroxyl groups is 1. The molecule has 0 aliphatic carbocycles. The molecule has 4 nitrogen and oxygen atoms in total. The number of hydrogen-bond acceptors (Lipinski definition) is 3. The van der Waals surface area contributed by atoms with Gasteiger partial charge in [0.1, 0.15) is 0 Å². The Bertz CT molecular complexity index is 455. The van der Waals surface area contributed by atoms with Crippen molar-refractivity contribution in [1.82, 2.24) is 4.90 Å². The maximum Gasteiger partial charge on any atom is 0.255 e. The van der Waals surface area contributed by atoms with E-state index in [-0.39, 0.29) is 18.6 Å². The highest BCUT2D eigenvalue weighted by atomic mass is 79.9. The largest absolute Gasteiger partial charge is 0.394 e. The van der Waals surface area contributed by atoms with Crippen molar-refractivity contribution in [3.63, 3.8) is 0 Å². The van der Waals surface area contributed by atoms with Crippen molar-refractivity contribution < 1.29 is 14.6 Å². The number of nitrogens with zero attached hydrogens (tertiary/aromatic N) is 1. The van der Waals surface area contributed by atoms with Gasteiger partial charge < -0.3 is 14.7 Å². The van der Waals surface area contributed by atoms with Crippen molar-refractivity contribution in [2.45, 2.75) is 6.10 Å². The van der Waals surface area contributed by atoms with Gasteiger partial charge in [-0.15, -0.1) is 0 Å². The molecule has 0 saturated carbocycles. The van der Waals surface area contributed by atoms with Crippen LogP contribution in [-0.2, 0) is 4.74 Å². The average Bonchev–Trinajstić information content (AvgIpc) is 2.41. The van der Waals surface area contributed by atoms with Gasteiger partial charge in [0.25, 0.3) is 5.91 Å². The van der Waals surface area contributed by atoms with Gasteiger partial charge in [0.05, 0.1) is 24.9 Å². The lowest BCUT2D eigenvalue weighted by atomic mass is 10.1. The topological polar surface area (TPSA) is 49.8 Å². The molecule has 1 saturated heterocycles. The minimum absolute atomic E-state index is 0.0828. The quantitative estimate of drug-likeness (QED) is 0.899. The number of carbonyl (C=O) groups is 1. The van der Waals surface area contributed by atoms with E-state index in [1.165, 1.54) is 0 Å². The first-order chi connectivity index (χ1) is 8.61. The smallest absolute Gasteiger partial charge is 0.255 e. The maximum atomic E-state index is 12.3. The van der Waals surface area contributed by atoms with Gasteiger partial charge in [0.2, 0.25) is 0 Å². The molecule has 0 aromatic heterocycles. The van der Waals surface area contributed by atoms with E-state index in [4.69, 9.17) is 21.4 Å². The normalized spacial score (nSPS) is 19.9. The third kappa shape index (κ3) is 3.03. The summed E-state index contributed by atoms with van der Waals surface area (Å²) in [5.74, 6) is -0.105. The molecule has 0 radical (unpaired) electrons. The molecule has 0 bridgehead atoms. The first kappa shape index (κ1) is 13.8. The van der Waals surface area contributed by atoms with E-state index in [0.29, 0.717) is 34.8 Å². The van der Waals surface area contributed by atoms with Crippen LogP contribution in [0.5, 0.6) is 0 Å². The molecule has 1 aliphatic heterocycles. The first-order valence-corrected chi connectivity index (χ1v) is 6.75. The van der Waals surface area contributed by atoms with E-state index in [1.807, 2.05) is 0 Å². The maximum absolute atomic E-state index is 12.3. The summed E-state index contributed by atoms with van der Waals surface area (Å²) < 4.78 is 6.03. The second-order valence-corrected chi connectivity index (χ2v) is 5.34. The monoisotopic (exact) mass is 333 g/mol. The Hall–Kier alpha value is -0.620. The van der Waals surface area contributed by atoms with Crippen molar-refractivity contribution in [3.05, 3.63) is 33.3 Å².